The number of halogens is 6. The predicted molar refractivity (Wildman–Crippen MR) is 182 cm³/mol. The van der Waals surface area contributed by atoms with Gasteiger partial charge in [-0.25, -0.2) is 26.3 Å². The van der Waals surface area contributed by atoms with E-state index in [-0.39, 0.29) is 16.4 Å². The molecule has 0 radical (unpaired) electrons. The Morgan fingerprint density at radius 2 is 1.00 bits per heavy atom. The summed E-state index contributed by atoms with van der Waals surface area (Å²) in [7, 11) is -4.54. The van der Waals surface area contributed by atoms with E-state index >= 15 is 13.2 Å². The fourth-order valence-electron chi connectivity index (χ4n) is 5.44. The van der Waals surface area contributed by atoms with E-state index in [2.05, 4.69) is 6.58 Å². The lowest BCUT2D eigenvalue weighted by Gasteiger charge is -2.32. The van der Waals surface area contributed by atoms with Gasteiger partial charge in [-0.1, -0.05) is 73.3 Å². The zero-order valence-corrected chi connectivity index (χ0v) is 26.0. The molecule has 3 nitrogen and oxygen atoms in total. The minimum absolute atomic E-state index is 0.103. The minimum atomic E-state index is -1.52. The van der Waals surface area contributed by atoms with Gasteiger partial charge in [0.2, 0.25) is 0 Å². The van der Waals surface area contributed by atoms with Gasteiger partial charge in [-0.2, -0.15) is 0 Å². The van der Waals surface area contributed by atoms with Crippen molar-refractivity contribution < 1.29 is 40.1 Å². The molecule has 0 atom stereocenters. The second-order valence-electron chi connectivity index (χ2n) is 11.1. The number of hydrogen-bond acceptors (Lipinski definition) is 3. The van der Waals surface area contributed by atoms with Gasteiger partial charge in [0.1, 0.15) is 34.9 Å². The largest absolute Gasteiger partial charge is 0.470 e. The molecular formula is C37H25B3F6O3. The highest BCUT2D eigenvalue weighted by Gasteiger charge is 2.46. The van der Waals surface area contributed by atoms with E-state index in [4.69, 9.17) is 13.7 Å². The van der Waals surface area contributed by atoms with E-state index in [0.29, 0.717) is 33.4 Å². The molecule has 0 aliphatic carbocycles. The van der Waals surface area contributed by atoms with Gasteiger partial charge in [0.25, 0.3) is 0 Å². The summed E-state index contributed by atoms with van der Waals surface area (Å²) in [6.07, 6.45) is 3.81. The lowest BCUT2D eigenvalue weighted by molar-refractivity contribution is 0.306. The van der Waals surface area contributed by atoms with Crippen molar-refractivity contribution in [3.05, 3.63) is 168 Å². The fraction of sp³-hybridized carbons (Fsp3) is 0.0270. The van der Waals surface area contributed by atoms with E-state index < -0.39 is 56.3 Å². The molecular weight excluding hydrogens is 639 g/mol. The highest BCUT2D eigenvalue weighted by atomic mass is 19.1. The van der Waals surface area contributed by atoms with Crippen LogP contribution in [0.3, 0.4) is 0 Å². The molecule has 242 valence electrons. The quantitative estimate of drug-likeness (QED) is 0.0968. The summed E-state index contributed by atoms with van der Waals surface area (Å²) < 4.78 is 107. The van der Waals surface area contributed by atoms with Crippen molar-refractivity contribution in [3.8, 4) is 22.3 Å². The van der Waals surface area contributed by atoms with Crippen molar-refractivity contribution in [2.45, 2.75) is 6.92 Å². The van der Waals surface area contributed by atoms with Crippen molar-refractivity contribution in [2.24, 2.45) is 0 Å². The van der Waals surface area contributed by atoms with Gasteiger partial charge < -0.3 is 13.7 Å². The molecule has 1 heterocycles. The van der Waals surface area contributed by atoms with Gasteiger partial charge in [0.05, 0.1) is 0 Å². The van der Waals surface area contributed by atoms with Gasteiger partial charge >= 0.3 is 21.4 Å². The molecule has 0 N–H and O–H groups in total. The third-order valence-electron chi connectivity index (χ3n) is 7.95. The highest BCUT2D eigenvalue weighted by Crippen LogP contribution is 2.25. The first-order chi connectivity index (χ1) is 23.6. The summed E-state index contributed by atoms with van der Waals surface area (Å²) in [5.41, 5.74) is 2.03. The Bertz CT molecular complexity index is 2000. The standard InChI is InChI=1S/C37H25B3F6O3/c1-3-23(17-29(41)4-2)26-11-14-32(35(44)20-26)38-47-39(33-15-12-27(21-36(33)45)24-7-5-9-30(42)18-24)49-40(48-38)34-16-13-28(22-37(34)46)25-8-6-10-31(43)19-25/h3-22H,2H2,1H3/b23-3+,29-17+. The Morgan fingerprint density at radius 3 is 1.39 bits per heavy atom. The molecule has 6 rings (SSSR count). The van der Waals surface area contributed by atoms with Crippen LogP contribution in [0.4, 0.5) is 26.3 Å². The summed E-state index contributed by atoms with van der Waals surface area (Å²) in [4.78, 5) is 0. The van der Waals surface area contributed by atoms with Crippen LogP contribution in [0.1, 0.15) is 12.5 Å². The van der Waals surface area contributed by atoms with Crippen LogP contribution in [-0.4, -0.2) is 21.4 Å². The van der Waals surface area contributed by atoms with Crippen molar-refractivity contribution in [2.75, 3.05) is 0 Å². The summed E-state index contributed by atoms with van der Waals surface area (Å²) in [6.45, 7) is 5.05. The second-order valence-corrected chi connectivity index (χ2v) is 11.1. The Hall–Kier alpha value is -5.03. The smallest absolute Gasteiger partial charge is 0.444 e. The first-order valence-electron chi connectivity index (χ1n) is 15.2. The molecule has 0 aromatic heterocycles. The lowest BCUT2D eigenvalue weighted by Crippen LogP contribution is -2.62. The van der Waals surface area contributed by atoms with Crippen molar-refractivity contribution in [3.63, 3.8) is 0 Å². The Balaban J connectivity index is 1.37. The maximum Gasteiger partial charge on any atom is 0.470 e. The molecule has 0 unspecified atom stereocenters. The van der Waals surface area contributed by atoms with Crippen molar-refractivity contribution >= 4 is 43.3 Å². The molecule has 1 saturated heterocycles. The number of hydrogen-bond donors (Lipinski definition) is 0. The van der Waals surface area contributed by atoms with Crippen LogP contribution in [0.25, 0.3) is 27.8 Å². The van der Waals surface area contributed by atoms with Crippen LogP contribution in [-0.2, 0) is 13.7 Å². The maximum atomic E-state index is 15.7. The molecule has 0 spiro atoms. The molecule has 5 aromatic carbocycles. The normalized spacial score (nSPS) is 14.0. The Morgan fingerprint density at radius 1 is 0.571 bits per heavy atom. The second kappa shape index (κ2) is 14.6. The van der Waals surface area contributed by atoms with E-state index in [1.54, 1.807) is 25.1 Å². The molecule has 1 aliphatic rings. The van der Waals surface area contributed by atoms with Crippen LogP contribution in [0.15, 0.2) is 134 Å². The Kier molecular flexibility index (Phi) is 10.1. The molecule has 12 heteroatoms. The summed E-state index contributed by atoms with van der Waals surface area (Å²) in [5, 5.41) is 0. The maximum absolute atomic E-state index is 15.7. The van der Waals surface area contributed by atoms with E-state index in [9.17, 15) is 13.2 Å². The monoisotopic (exact) mass is 664 g/mol. The SMILES string of the molecule is C=C/C(F)=C\C(=C/C)c1ccc(B2OB(c3ccc(-c4cccc(F)c4)cc3F)OB(c3ccc(-c4cccc(F)c4)cc3F)O2)c(F)c1. The zero-order chi connectivity index (χ0) is 34.7. The van der Waals surface area contributed by atoms with Gasteiger partial charge in [0, 0.05) is 16.4 Å². The minimum Gasteiger partial charge on any atom is -0.444 e. The zero-order valence-electron chi connectivity index (χ0n) is 26.0. The third-order valence-corrected chi connectivity index (χ3v) is 7.95. The van der Waals surface area contributed by atoms with Crippen LogP contribution >= 0.6 is 0 Å². The molecule has 1 aliphatic heterocycles. The van der Waals surface area contributed by atoms with Crippen molar-refractivity contribution in [1.82, 2.24) is 0 Å². The molecule has 0 saturated carbocycles. The van der Waals surface area contributed by atoms with E-state index in [1.807, 2.05) is 0 Å². The first kappa shape index (κ1) is 33.9. The summed E-state index contributed by atoms with van der Waals surface area (Å²) in [6, 6.07) is 23.5. The Labute approximate surface area is 280 Å². The van der Waals surface area contributed by atoms with Gasteiger partial charge in [-0.05, 0) is 94.9 Å². The van der Waals surface area contributed by atoms with E-state index in [0.717, 1.165) is 12.1 Å². The average molecular weight is 664 g/mol. The first-order valence-corrected chi connectivity index (χ1v) is 15.2. The molecule has 0 bridgehead atoms. The predicted octanol–water partition coefficient (Wildman–Crippen LogP) is 7.71. The highest BCUT2D eigenvalue weighted by molar-refractivity contribution is 6.87. The van der Waals surface area contributed by atoms with Crippen LogP contribution in [0.5, 0.6) is 0 Å². The van der Waals surface area contributed by atoms with Crippen molar-refractivity contribution in [1.29, 1.82) is 0 Å². The molecule has 0 amide bonds. The molecule has 49 heavy (non-hydrogen) atoms. The fourth-order valence-corrected chi connectivity index (χ4v) is 5.44. The topological polar surface area (TPSA) is 27.7 Å². The van der Waals surface area contributed by atoms with E-state index in [1.165, 1.54) is 91.0 Å². The van der Waals surface area contributed by atoms with Crippen LogP contribution in [0, 0.1) is 29.1 Å². The number of allylic oxidation sites excluding steroid dienone is 5. The summed E-state index contributed by atoms with van der Waals surface area (Å²) >= 11 is 0. The van der Waals surface area contributed by atoms with Gasteiger partial charge in [-0.3, -0.25) is 0 Å². The molecule has 5 aromatic rings. The number of rotatable bonds is 8. The van der Waals surface area contributed by atoms with Crippen LogP contribution < -0.4 is 16.4 Å². The average Bonchev–Trinajstić information content (AvgIpc) is 3.10. The van der Waals surface area contributed by atoms with Gasteiger partial charge in [-0.15, -0.1) is 0 Å². The van der Waals surface area contributed by atoms with Crippen LogP contribution in [0.2, 0.25) is 0 Å². The third kappa shape index (κ3) is 7.52. The lowest BCUT2D eigenvalue weighted by atomic mass is 9.61. The number of benzene rings is 5. The summed E-state index contributed by atoms with van der Waals surface area (Å²) in [5.74, 6) is -3.96. The van der Waals surface area contributed by atoms with Gasteiger partial charge in [0.15, 0.2) is 0 Å². The molecule has 1 fully saturated rings.